The molecule has 0 bridgehead atoms. The van der Waals surface area contributed by atoms with Crippen LogP contribution in [0.15, 0.2) is 22.7 Å². The first-order valence-corrected chi connectivity index (χ1v) is 7.28. The van der Waals surface area contributed by atoms with Gasteiger partial charge in [-0.3, -0.25) is 0 Å². The molecule has 1 aromatic rings. The van der Waals surface area contributed by atoms with Crippen molar-refractivity contribution >= 4 is 21.6 Å². The van der Waals surface area contributed by atoms with Crippen LogP contribution in [-0.4, -0.2) is 19.1 Å². The van der Waals surface area contributed by atoms with Gasteiger partial charge in [-0.15, -0.1) is 0 Å². The Labute approximate surface area is 112 Å². The second-order valence-corrected chi connectivity index (χ2v) is 5.68. The van der Waals surface area contributed by atoms with Crippen molar-refractivity contribution in [3.05, 3.63) is 28.2 Å². The molecule has 2 N–H and O–H groups in total. The fourth-order valence-electron chi connectivity index (χ4n) is 2.26. The third-order valence-electron chi connectivity index (χ3n) is 3.41. The Kier molecular flexibility index (Phi) is 4.86. The molecule has 1 atom stereocenters. The van der Waals surface area contributed by atoms with Crippen LogP contribution in [0.4, 0.5) is 5.69 Å². The maximum Gasteiger partial charge on any atom is 0.0351 e. The number of piperidine rings is 1. The van der Waals surface area contributed by atoms with Crippen molar-refractivity contribution in [2.45, 2.75) is 38.6 Å². The first-order chi connectivity index (χ1) is 8.25. The number of anilines is 1. The van der Waals surface area contributed by atoms with Gasteiger partial charge in [-0.2, -0.15) is 0 Å². The lowest BCUT2D eigenvalue weighted by atomic mass is 10.0. The molecule has 2 nitrogen and oxygen atoms in total. The first kappa shape index (κ1) is 12.9. The van der Waals surface area contributed by atoms with Gasteiger partial charge in [0.25, 0.3) is 0 Å². The molecule has 0 aromatic heterocycles. The van der Waals surface area contributed by atoms with Crippen molar-refractivity contribution in [1.82, 2.24) is 5.32 Å². The minimum atomic E-state index is 0.713. The first-order valence-electron chi connectivity index (χ1n) is 6.49. The molecule has 1 aliphatic rings. The van der Waals surface area contributed by atoms with E-state index in [9.17, 15) is 0 Å². The Hall–Kier alpha value is -0.540. The van der Waals surface area contributed by atoms with Crippen LogP contribution in [0.5, 0.6) is 0 Å². The average molecular weight is 297 g/mol. The largest absolute Gasteiger partial charge is 0.385 e. The predicted octanol–water partition coefficient (Wildman–Crippen LogP) is 3.70. The summed E-state index contributed by atoms with van der Waals surface area (Å²) >= 11 is 3.56. The Balaban J connectivity index is 1.75. The summed E-state index contributed by atoms with van der Waals surface area (Å²) in [7, 11) is 0. The van der Waals surface area contributed by atoms with Gasteiger partial charge in [0.2, 0.25) is 0 Å². The Morgan fingerprint density at radius 3 is 3.00 bits per heavy atom. The van der Waals surface area contributed by atoms with Gasteiger partial charge in [0.1, 0.15) is 0 Å². The van der Waals surface area contributed by atoms with Crippen molar-refractivity contribution < 1.29 is 0 Å². The standard InChI is InChI=1S/C14H21BrN2/c1-11-5-6-13(10-14(11)15)17-9-7-12-4-2-3-8-16-12/h5-6,10,12,16-17H,2-4,7-9H2,1H3. The van der Waals surface area contributed by atoms with Gasteiger partial charge in [-0.25, -0.2) is 0 Å². The van der Waals surface area contributed by atoms with Crippen LogP contribution in [0.2, 0.25) is 0 Å². The van der Waals surface area contributed by atoms with Crippen molar-refractivity contribution in [1.29, 1.82) is 0 Å². The van der Waals surface area contributed by atoms with Gasteiger partial charge in [0.15, 0.2) is 0 Å². The molecule has 94 valence electrons. The number of benzene rings is 1. The SMILES string of the molecule is Cc1ccc(NCCC2CCCCN2)cc1Br. The Morgan fingerprint density at radius 1 is 1.41 bits per heavy atom. The number of hydrogen-bond acceptors (Lipinski definition) is 2. The zero-order valence-electron chi connectivity index (χ0n) is 10.4. The van der Waals surface area contributed by atoms with Gasteiger partial charge in [0.05, 0.1) is 0 Å². The van der Waals surface area contributed by atoms with Crippen LogP contribution >= 0.6 is 15.9 Å². The minimum absolute atomic E-state index is 0.713. The molecular formula is C14H21BrN2. The normalized spacial score (nSPS) is 20.2. The smallest absolute Gasteiger partial charge is 0.0351 e. The van der Waals surface area contributed by atoms with Crippen LogP contribution in [0.1, 0.15) is 31.2 Å². The fourth-order valence-corrected chi connectivity index (χ4v) is 2.64. The zero-order chi connectivity index (χ0) is 12.1. The maximum absolute atomic E-state index is 3.58. The molecule has 3 heteroatoms. The number of aryl methyl sites for hydroxylation is 1. The van der Waals surface area contributed by atoms with Crippen LogP contribution in [0, 0.1) is 6.92 Å². The zero-order valence-corrected chi connectivity index (χ0v) is 12.0. The summed E-state index contributed by atoms with van der Waals surface area (Å²) in [4.78, 5) is 0. The molecule has 1 fully saturated rings. The predicted molar refractivity (Wildman–Crippen MR) is 77.6 cm³/mol. The van der Waals surface area contributed by atoms with Crippen LogP contribution in [0.3, 0.4) is 0 Å². The van der Waals surface area contributed by atoms with Gasteiger partial charge in [0, 0.05) is 22.7 Å². The van der Waals surface area contributed by atoms with Crippen LogP contribution < -0.4 is 10.6 Å². The molecule has 1 heterocycles. The molecule has 1 unspecified atom stereocenters. The molecular weight excluding hydrogens is 276 g/mol. The van der Waals surface area contributed by atoms with Crippen molar-refractivity contribution in [3.63, 3.8) is 0 Å². The van der Waals surface area contributed by atoms with Crippen molar-refractivity contribution in [2.24, 2.45) is 0 Å². The summed E-state index contributed by atoms with van der Waals surface area (Å²) in [5, 5.41) is 7.07. The van der Waals surface area contributed by atoms with E-state index in [4.69, 9.17) is 0 Å². The van der Waals surface area contributed by atoms with E-state index < -0.39 is 0 Å². The van der Waals surface area contributed by atoms with E-state index in [0.29, 0.717) is 6.04 Å². The molecule has 17 heavy (non-hydrogen) atoms. The lowest BCUT2D eigenvalue weighted by molar-refractivity contribution is 0.389. The summed E-state index contributed by atoms with van der Waals surface area (Å²) in [6.45, 7) is 4.35. The van der Waals surface area contributed by atoms with E-state index in [2.05, 4.69) is 51.7 Å². The summed E-state index contributed by atoms with van der Waals surface area (Å²) in [6, 6.07) is 7.16. The van der Waals surface area contributed by atoms with Gasteiger partial charge < -0.3 is 10.6 Å². The molecule has 1 saturated heterocycles. The maximum atomic E-state index is 3.58. The van der Waals surface area contributed by atoms with Gasteiger partial charge in [-0.05, 0) is 50.4 Å². The van der Waals surface area contributed by atoms with Crippen molar-refractivity contribution in [2.75, 3.05) is 18.4 Å². The van der Waals surface area contributed by atoms with E-state index in [0.717, 1.165) is 6.54 Å². The highest BCUT2D eigenvalue weighted by molar-refractivity contribution is 9.10. The van der Waals surface area contributed by atoms with E-state index in [1.165, 1.54) is 48.0 Å². The van der Waals surface area contributed by atoms with Crippen LogP contribution in [-0.2, 0) is 0 Å². The molecule has 1 aliphatic heterocycles. The summed E-state index contributed by atoms with van der Waals surface area (Å²) in [5.74, 6) is 0. The van der Waals surface area contributed by atoms with Crippen LogP contribution in [0.25, 0.3) is 0 Å². The molecule has 2 rings (SSSR count). The van der Waals surface area contributed by atoms with Crippen molar-refractivity contribution in [3.8, 4) is 0 Å². The molecule has 0 saturated carbocycles. The summed E-state index contributed by atoms with van der Waals surface area (Å²) in [6.07, 6.45) is 5.27. The second kappa shape index (κ2) is 6.41. The van der Waals surface area contributed by atoms with E-state index in [-0.39, 0.29) is 0 Å². The lowest BCUT2D eigenvalue weighted by Crippen LogP contribution is -2.35. The van der Waals surface area contributed by atoms with E-state index >= 15 is 0 Å². The highest BCUT2D eigenvalue weighted by Crippen LogP contribution is 2.20. The second-order valence-electron chi connectivity index (χ2n) is 4.83. The third kappa shape index (κ3) is 4.00. The molecule has 1 aromatic carbocycles. The molecule has 0 amide bonds. The number of hydrogen-bond donors (Lipinski definition) is 2. The number of rotatable bonds is 4. The quantitative estimate of drug-likeness (QED) is 0.885. The average Bonchev–Trinajstić information content (AvgIpc) is 2.35. The highest BCUT2D eigenvalue weighted by atomic mass is 79.9. The monoisotopic (exact) mass is 296 g/mol. The third-order valence-corrected chi connectivity index (χ3v) is 4.26. The van der Waals surface area contributed by atoms with E-state index in [1.54, 1.807) is 0 Å². The highest BCUT2D eigenvalue weighted by Gasteiger charge is 2.11. The number of nitrogens with one attached hydrogen (secondary N) is 2. The lowest BCUT2D eigenvalue weighted by Gasteiger charge is -2.23. The molecule has 0 radical (unpaired) electrons. The fraction of sp³-hybridized carbons (Fsp3) is 0.571. The summed E-state index contributed by atoms with van der Waals surface area (Å²) < 4.78 is 1.18. The van der Waals surface area contributed by atoms with E-state index in [1.807, 2.05) is 0 Å². The molecule has 0 spiro atoms. The Bertz CT molecular complexity index is 359. The minimum Gasteiger partial charge on any atom is -0.385 e. The number of halogens is 1. The summed E-state index contributed by atoms with van der Waals surface area (Å²) in [5.41, 5.74) is 2.49. The Morgan fingerprint density at radius 2 is 2.29 bits per heavy atom. The molecule has 0 aliphatic carbocycles. The van der Waals surface area contributed by atoms with Gasteiger partial charge >= 0.3 is 0 Å². The van der Waals surface area contributed by atoms with Gasteiger partial charge in [-0.1, -0.05) is 28.4 Å². The topological polar surface area (TPSA) is 24.1 Å².